The Bertz CT molecular complexity index is 1390. The molecule has 0 spiro atoms. The van der Waals surface area contributed by atoms with Crippen LogP contribution < -0.4 is 4.74 Å². The number of aromatic nitrogens is 2. The van der Waals surface area contributed by atoms with Crippen molar-refractivity contribution in [2.75, 3.05) is 13.7 Å². The first-order chi connectivity index (χ1) is 16.9. The van der Waals surface area contributed by atoms with E-state index in [0.717, 1.165) is 39.1 Å². The van der Waals surface area contributed by atoms with Gasteiger partial charge in [0.15, 0.2) is 0 Å². The number of nitrogens with zero attached hydrogens (tertiary/aromatic N) is 2. The number of methoxy groups -OCH3 is 1. The Morgan fingerprint density at radius 3 is 2.40 bits per heavy atom. The first-order valence-electron chi connectivity index (χ1n) is 11.8. The number of ether oxygens (including phenoxy) is 1. The predicted molar refractivity (Wildman–Crippen MR) is 136 cm³/mol. The van der Waals surface area contributed by atoms with E-state index in [0.29, 0.717) is 29.9 Å². The highest BCUT2D eigenvalue weighted by molar-refractivity contribution is 6.00. The average molecular weight is 468 g/mol. The maximum atomic E-state index is 13.6. The molecule has 0 radical (unpaired) electrons. The molecule has 1 unspecified atom stereocenters. The van der Waals surface area contributed by atoms with Gasteiger partial charge in [0.1, 0.15) is 22.9 Å². The summed E-state index contributed by atoms with van der Waals surface area (Å²) in [5, 5.41) is 18.4. The minimum atomic E-state index is -0.301. The number of aryl methyl sites for hydroxylation is 3. The lowest BCUT2D eigenvalue weighted by atomic mass is 9.93. The summed E-state index contributed by atoms with van der Waals surface area (Å²) in [6.07, 6.45) is 0.708. The smallest absolute Gasteiger partial charge is 0.273 e. The largest absolute Gasteiger partial charge is 0.507 e. The fourth-order valence-corrected chi connectivity index (χ4v) is 4.91. The van der Waals surface area contributed by atoms with Gasteiger partial charge in [-0.25, -0.2) is 0 Å². The minimum absolute atomic E-state index is 0.0818. The molecular formula is C29H29N3O3. The Morgan fingerprint density at radius 1 is 1.00 bits per heavy atom. The molecule has 1 aliphatic rings. The van der Waals surface area contributed by atoms with E-state index < -0.39 is 0 Å². The Hall–Kier alpha value is -4.06. The highest BCUT2D eigenvalue weighted by Gasteiger charge is 2.42. The molecule has 178 valence electrons. The maximum Gasteiger partial charge on any atom is 0.273 e. The van der Waals surface area contributed by atoms with Crippen LogP contribution in [0.1, 0.15) is 49.9 Å². The molecule has 1 atom stereocenters. The predicted octanol–water partition coefficient (Wildman–Crippen LogP) is 5.50. The van der Waals surface area contributed by atoms with Crippen LogP contribution in [0.5, 0.6) is 11.5 Å². The van der Waals surface area contributed by atoms with Gasteiger partial charge in [-0.3, -0.25) is 9.89 Å². The van der Waals surface area contributed by atoms with Gasteiger partial charge in [0.25, 0.3) is 5.91 Å². The second kappa shape index (κ2) is 8.95. The third-order valence-electron chi connectivity index (χ3n) is 6.76. The number of amides is 1. The number of carbonyl (C=O) groups excluding carboxylic acids is 1. The number of phenols is 1. The number of benzene rings is 3. The molecule has 3 aromatic carbocycles. The number of H-pyrrole nitrogens is 1. The molecule has 1 aliphatic heterocycles. The number of aromatic amines is 1. The lowest BCUT2D eigenvalue weighted by Crippen LogP contribution is -2.31. The zero-order chi connectivity index (χ0) is 24.7. The lowest BCUT2D eigenvalue weighted by Gasteiger charge is -2.27. The van der Waals surface area contributed by atoms with Gasteiger partial charge in [-0.15, -0.1) is 0 Å². The molecule has 1 aromatic heterocycles. The molecule has 2 heterocycles. The van der Waals surface area contributed by atoms with E-state index in [1.54, 1.807) is 7.11 Å². The third kappa shape index (κ3) is 4.05. The Kier molecular flexibility index (Phi) is 5.81. The Balaban J connectivity index is 1.57. The van der Waals surface area contributed by atoms with E-state index in [2.05, 4.69) is 34.5 Å². The number of nitrogens with one attached hydrogen (secondary N) is 1. The van der Waals surface area contributed by atoms with Crippen molar-refractivity contribution in [3.05, 3.63) is 99.7 Å². The summed E-state index contributed by atoms with van der Waals surface area (Å²) in [6.45, 7) is 6.47. The van der Waals surface area contributed by atoms with Crippen molar-refractivity contribution in [3.63, 3.8) is 0 Å². The first kappa shape index (κ1) is 22.7. The van der Waals surface area contributed by atoms with Gasteiger partial charge in [-0.2, -0.15) is 5.10 Å². The first-order valence-corrected chi connectivity index (χ1v) is 11.8. The van der Waals surface area contributed by atoms with E-state index in [1.807, 2.05) is 62.1 Å². The van der Waals surface area contributed by atoms with Crippen molar-refractivity contribution >= 4 is 5.91 Å². The number of rotatable bonds is 6. The average Bonchev–Trinajstić information content (AvgIpc) is 3.40. The number of fused-ring (bicyclic) bond motifs is 1. The molecule has 5 rings (SSSR count). The third-order valence-corrected chi connectivity index (χ3v) is 6.76. The number of phenolic OH excluding ortho intramolecular Hbond substituents is 1. The molecule has 1 amide bonds. The second-order valence-electron chi connectivity index (χ2n) is 9.25. The van der Waals surface area contributed by atoms with Gasteiger partial charge in [0.05, 0.1) is 13.2 Å². The van der Waals surface area contributed by atoms with Gasteiger partial charge in [0.2, 0.25) is 0 Å². The standard InChI is InChI=1S/C29H29N3O3/c1-17-5-9-21(10-6-17)27-24-25(23-16-18(2)15-19(3)28(23)33)30-31-26(24)29(34)32(27)14-13-20-7-11-22(35-4)12-8-20/h5-12,15-16,27,33H,13-14H2,1-4H3,(H,30,31). The zero-order valence-electron chi connectivity index (χ0n) is 20.4. The summed E-state index contributed by atoms with van der Waals surface area (Å²) in [4.78, 5) is 15.5. The fourth-order valence-electron chi connectivity index (χ4n) is 4.91. The monoisotopic (exact) mass is 467 g/mol. The van der Waals surface area contributed by atoms with Crippen LogP contribution in [0.2, 0.25) is 0 Å². The molecule has 2 N–H and O–H groups in total. The van der Waals surface area contributed by atoms with Gasteiger partial charge < -0.3 is 14.7 Å². The second-order valence-corrected chi connectivity index (χ2v) is 9.25. The van der Waals surface area contributed by atoms with E-state index in [-0.39, 0.29) is 17.7 Å². The van der Waals surface area contributed by atoms with E-state index in [1.165, 1.54) is 0 Å². The molecule has 6 nitrogen and oxygen atoms in total. The van der Waals surface area contributed by atoms with Crippen LogP contribution in [0.25, 0.3) is 11.3 Å². The summed E-state index contributed by atoms with van der Waals surface area (Å²) in [5.41, 5.74) is 7.67. The summed E-state index contributed by atoms with van der Waals surface area (Å²) < 4.78 is 5.27. The van der Waals surface area contributed by atoms with Crippen LogP contribution in [0, 0.1) is 20.8 Å². The molecule has 6 heteroatoms. The Morgan fingerprint density at radius 2 is 1.71 bits per heavy atom. The normalized spacial score (nSPS) is 14.9. The van der Waals surface area contributed by atoms with Crippen molar-refractivity contribution in [1.29, 1.82) is 0 Å². The SMILES string of the molecule is COc1ccc(CCN2C(=O)c3[nH]nc(-c4cc(C)cc(C)c4O)c3C2c2ccc(C)cc2)cc1. The van der Waals surface area contributed by atoms with Crippen molar-refractivity contribution in [2.45, 2.75) is 33.2 Å². The van der Waals surface area contributed by atoms with E-state index in [9.17, 15) is 9.90 Å². The molecule has 35 heavy (non-hydrogen) atoms. The van der Waals surface area contributed by atoms with Crippen molar-refractivity contribution < 1.29 is 14.6 Å². The van der Waals surface area contributed by atoms with Crippen molar-refractivity contribution in [3.8, 4) is 22.8 Å². The molecule has 0 fully saturated rings. The molecule has 0 saturated heterocycles. The molecule has 0 bridgehead atoms. The van der Waals surface area contributed by atoms with E-state index >= 15 is 0 Å². The minimum Gasteiger partial charge on any atom is -0.507 e. The molecule has 0 saturated carbocycles. The van der Waals surface area contributed by atoms with Crippen molar-refractivity contribution in [2.24, 2.45) is 0 Å². The molecular weight excluding hydrogens is 438 g/mol. The van der Waals surface area contributed by atoms with Gasteiger partial charge in [-0.05, 0) is 67.6 Å². The van der Waals surface area contributed by atoms with Gasteiger partial charge >= 0.3 is 0 Å². The van der Waals surface area contributed by atoms with E-state index in [4.69, 9.17) is 4.74 Å². The summed E-state index contributed by atoms with van der Waals surface area (Å²) in [7, 11) is 1.65. The van der Waals surface area contributed by atoms with Crippen LogP contribution in [0.3, 0.4) is 0 Å². The number of carbonyl (C=O) groups is 1. The topological polar surface area (TPSA) is 78.5 Å². The number of hydrogen-bond acceptors (Lipinski definition) is 4. The van der Waals surface area contributed by atoms with Crippen LogP contribution in [0.15, 0.2) is 60.7 Å². The van der Waals surface area contributed by atoms with Crippen LogP contribution in [0.4, 0.5) is 0 Å². The highest BCUT2D eigenvalue weighted by atomic mass is 16.5. The Labute approximate surface area is 205 Å². The number of aromatic hydroxyl groups is 1. The van der Waals surface area contributed by atoms with Gasteiger partial charge in [-0.1, -0.05) is 48.0 Å². The summed E-state index contributed by atoms with van der Waals surface area (Å²) in [5.74, 6) is 0.917. The highest BCUT2D eigenvalue weighted by Crippen LogP contribution is 2.45. The van der Waals surface area contributed by atoms with Crippen LogP contribution >= 0.6 is 0 Å². The molecule has 0 aliphatic carbocycles. The lowest BCUT2D eigenvalue weighted by molar-refractivity contribution is 0.0746. The number of hydrogen-bond donors (Lipinski definition) is 2. The quantitative estimate of drug-likeness (QED) is 0.392. The summed E-state index contributed by atoms with van der Waals surface area (Å²) >= 11 is 0. The molecule has 4 aromatic rings. The summed E-state index contributed by atoms with van der Waals surface area (Å²) in [6, 6.07) is 19.8. The van der Waals surface area contributed by atoms with Crippen molar-refractivity contribution in [1.82, 2.24) is 15.1 Å². The van der Waals surface area contributed by atoms with Crippen LogP contribution in [-0.4, -0.2) is 39.8 Å². The van der Waals surface area contributed by atoms with Gasteiger partial charge in [0, 0.05) is 17.7 Å². The maximum absolute atomic E-state index is 13.6. The fraction of sp³-hybridized carbons (Fsp3) is 0.241. The van der Waals surface area contributed by atoms with Crippen LogP contribution in [-0.2, 0) is 6.42 Å². The zero-order valence-corrected chi connectivity index (χ0v) is 20.4.